The summed E-state index contributed by atoms with van der Waals surface area (Å²) in [6, 6.07) is 0.417. The van der Waals surface area contributed by atoms with Crippen molar-refractivity contribution < 1.29 is 0 Å². The Labute approximate surface area is 182 Å². The lowest BCUT2D eigenvalue weighted by Crippen LogP contribution is -2.43. The summed E-state index contributed by atoms with van der Waals surface area (Å²) >= 11 is 0. The Kier molecular flexibility index (Phi) is 5.28. The van der Waals surface area contributed by atoms with Gasteiger partial charge in [0.1, 0.15) is 0 Å². The van der Waals surface area contributed by atoms with Crippen LogP contribution < -0.4 is 11.2 Å². The van der Waals surface area contributed by atoms with Gasteiger partial charge in [0, 0.05) is 37.6 Å². The number of aromatic nitrogens is 5. The van der Waals surface area contributed by atoms with E-state index in [9.17, 15) is 9.59 Å². The highest BCUT2D eigenvalue weighted by molar-refractivity contribution is 5.76. The van der Waals surface area contributed by atoms with Crippen LogP contribution in [0.5, 0.6) is 0 Å². The Morgan fingerprint density at radius 3 is 2.29 bits per heavy atom. The van der Waals surface area contributed by atoms with Gasteiger partial charge in [-0.2, -0.15) is 4.98 Å². The van der Waals surface area contributed by atoms with E-state index in [1.165, 1.54) is 48.8 Å². The molecule has 2 fully saturated rings. The van der Waals surface area contributed by atoms with Crippen molar-refractivity contribution in [2.75, 3.05) is 19.6 Å². The second kappa shape index (κ2) is 7.97. The lowest BCUT2D eigenvalue weighted by atomic mass is 9.95. The first-order chi connectivity index (χ1) is 15.0. The Balaban J connectivity index is 1.65. The van der Waals surface area contributed by atoms with Crippen LogP contribution >= 0.6 is 0 Å². The predicted molar refractivity (Wildman–Crippen MR) is 122 cm³/mol. The maximum Gasteiger partial charge on any atom is 0.332 e. The predicted octanol–water partition coefficient (Wildman–Crippen LogP) is 2.76. The van der Waals surface area contributed by atoms with Gasteiger partial charge < -0.3 is 9.47 Å². The van der Waals surface area contributed by atoms with Crippen LogP contribution in [0.4, 0.5) is 0 Å². The second-order valence-electron chi connectivity index (χ2n) is 9.45. The number of piperidine rings is 1. The average molecular weight is 427 g/mol. The summed E-state index contributed by atoms with van der Waals surface area (Å²) in [6.07, 6.45) is 9.71. The molecule has 0 amide bonds. The molecule has 0 spiro atoms. The number of likely N-dealkylation sites (tertiary alicyclic amines) is 1. The summed E-state index contributed by atoms with van der Waals surface area (Å²) < 4.78 is 7.28. The van der Waals surface area contributed by atoms with E-state index in [-0.39, 0.29) is 11.2 Å². The van der Waals surface area contributed by atoms with Crippen molar-refractivity contribution in [3.8, 4) is 0 Å². The van der Waals surface area contributed by atoms with E-state index in [1.54, 1.807) is 11.6 Å². The minimum Gasteiger partial charge on any atom is -0.311 e. The normalized spacial score (nSPS) is 19.1. The molecule has 3 aromatic rings. The average Bonchev–Trinajstić information content (AvgIpc) is 3.29. The van der Waals surface area contributed by atoms with Gasteiger partial charge in [-0.25, -0.2) is 4.79 Å². The molecule has 0 radical (unpaired) electrons. The van der Waals surface area contributed by atoms with Crippen LogP contribution in [0.3, 0.4) is 0 Å². The number of rotatable bonds is 4. The zero-order valence-electron chi connectivity index (χ0n) is 19.1. The SMILES string of the molecule is Cc1c(C)n2c3c(=O)n(CCN4CCCCC4)c(=O)n(C)c3nc2n1C1CCCCC1. The fraction of sp³-hybridized carbons (Fsp3) is 0.696. The van der Waals surface area contributed by atoms with E-state index in [4.69, 9.17) is 4.98 Å². The molecule has 8 heteroatoms. The summed E-state index contributed by atoms with van der Waals surface area (Å²) in [4.78, 5) is 33.8. The molecule has 1 aliphatic heterocycles. The van der Waals surface area contributed by atoms with Gasteiger partial charge in [-0.3, -0.25) is 18.3 Å². The van der Waals surface area contributed by atoms with Crippen LogP contribution in [0.15, 0.2) is 9.59 Å². The van der Waals surface area contributed by atoms with Gasteiger partial charge in [-0.1, -0.05) is 25.7 Å². The van der Waals surface area contributed by atoms with Crippen molar-refractivity contribution in [3.05, 3.63) is 32.2 Å². The maximum absolute atomic E-state index is 13.6. The largest absolute Gasteiger partial charge is 0.332 e. The van der Waals surface area contributed by atoms with E-state index in [2.05, 4.69) is 23.3 Å². The molecule has 1 saturated carbocycles. The van der Waals surface area contributed by atoms with Gasteiger partial charge in [0.2, 0.25) is 5.78 Å². The van der Waals surface area contributed by atoms with Crippen molar-refractivity contribution in [1.82, 2.24) is 28.0 Å². The molecular formula is C23H34N6O2. The van der Waals surface area contributed by atoms with Gasteiger partial charge in [0.05, 0.1) is 0 Å². The third-order valence-electron chi connectivity index (χ3n) is 7.59. The molecule has 2 aliphatic rings. The summed E-state index contributed by atoms with van der Waals surface area (Å²) in [5.41, 5.74) is 2.75. The Bertz CT molecular complexity index is 1230. The first kappa shape index (κ1) is 20.5. The van der Waals surface area contributed by atoms with Crippen LogP contribution in [0.25, 0.3) is 16.9 Å². The zero-order valence-corrected chi connectivity index (χ0v) is 19.1. The minimum absolute atomic E-state index is 0.216. The lowest BCUT2D eigenvalue weighted by molar-refractivity contribution is 0.218. The molecule has 5 rings (SSSR count). The van der Waals surface area contributed by atoms with Crippen molar-refractivity contribution in [3.63, 3.8) is 0 Å². The quantitative estimate of drug-likeness (QED) is 0.643. The Morgan fingerprint density at radius 1 is 0.903 bits per heavy atom. The van der Waals surface area contributed by atoms with E-state index >= 15 is 0 Å². The van der Waals surface area contributed by atoms with Crippen LogP contribution in [-0.2, 0) is 13.6 Å². The minimum atomic E-state index is -0.270. The molecule has 0 aromatic carbocycles. The third-order valence-corrected chi connectivity index (χ3v) is 7.59. The standard InChI is InChI=1S/C23H34N6O2/c1-16-17(2)29-19-20(24-22(29)28(16)18-10-6-4-7-11-18)25(3)23(31)27(21(19)30)15-14-26-12-8-5-9-13-26/h18H,4-15H2,1-3H3. The van der Waals surface area contributed by atoms with E-state index in [1.807, 2.05) is 4.40 Å². The van der Waals surface area contributed by atoms with Crippen molar-refractivity contribution in [2.45, 2.75) is 77.8 Å². The monoisotopic (exact) mass is 426 g/mol. The van der Waals surface area contributed by atoms with E-state index in [0.29, 0.717) is 23.8 Å². The molecule has 168 valence electrons. The lowest BCUT2D eigenvalue weighted by Gasteiger charge is -2.26. The van der Waals surface area contributed by atoms with Gasteiger partial charge in [0.15, 0.2) is 11.2 Å². The highest BCUT2D eigenvalue weighted by atomic mass is 16.2. The molecule has 1 saturated heterocycles. The highest BCUT2D eigenvalue weighted by Crippen LogP contribution is 2.33. The molecule has 1 aliphatic carbocycles. The molecule has 3 aromatic heterocycles. The summed E-state index contributed by atoms with van der Waals surface area (Å²) in [5, 5.41) is 0. The summed E-state index contributed by atoms with van der Waals surface area (Å²) in [5.74, 6) is 0.804. The first-order valence-corrected chi connectivity index (χ1v) is 11.9. The number of nitrogens with zero attached hydrogens (tertiary/aromatic N) is 6. The molecule has 31 heavy (non-hydrogen) atoms. The fourth-order valence-corrected chi connectivity index (χ4v) is 5.67. The van der Waals surface area contributed by atoms with Crippen LogP contribution in [-0.4, -0.2) is 47.6 Å². The number of hydrogen-bond donors (Lipinski definition) is 0. The maximum atomic E-state index is 13.6. The van der Waals surface area contributed by atoms with Crippen LogP contribution in [0, 0.1) is 13.8 Å². The molecule has 0 N–H and O–H groups in total. The number of aryl methyl sites for hydroxylation is 2. The van der Waals surface area contributed by atoms with Gasteiger partial charge in [0.25, 0.3) is 5.56 Å². The van der Waals surface area contributed by atoms with Crippen LogP contribution in [0.2, 0.25) is 0 Å². The number of imidazole rings is 2. The van der Waals surface area contributed by atoms with Crippen LogP contribution in [0.1, 0.15) is 68.8 Å². The highest BCUT2D eigenvalue weighted by Gasteiger charge is 2.26. The van der Waals surface area contributed by atoms with Gasteiger partial charge in [-0.05, 0) is 52.6 Å². The second-order valence-corrected chi connectivity index (χ2v) is 9.45. The van der Waals surface area contributed by atoms with E-state index in [0.717, 1.165) is 43.9 Å². The Hall–Kier alpha value is -2.35. The molecule has 0 bridgehead atoms. The fourth-order valence-electron chi connectivity index (χ4n) is 5.67. The van der Waals surface area contributed by atoms with Gasteiger partial charge in [-0.15, -0.1) is 0 Å². The molecule has 0 unspecified atom stereocenters. The van der Waals surface area contributed by atoms with Crippen molar-refractivity contribution in [1.29, 1.82) is 0 Å². The molecule has 4 heterocycles. The molecule has 8 nitrogen and oxygen atoms in total. The third kappa shape index (κ3) is 3.26. The van der Waals surface area contributed by atoms with Crippen molar-refractivity contribution >= 4 is 16.9 Å². The number of hydrogen-bond acceptors (Lipinski definition) is 4. The molecular weight excluding hydrogens is 392 g/mol. The number of fused-ring (bicyclic) bond motifs is 3. The smallest absolute Gasteiger partial charge is 0.311 e. The molecule has 0 atom stereocenters. The van der Waals surface area contributed by atoms with Gasteiger partial charge >= 0.3 is 5.69 Å². The zero-order chi connectivity index (χ0) is 21.7. The Morgan fingerprint density at radius 2 is 1.58 bits per heavy atom. The summed E-state index contributed by atoms with van der Waals surface area (Å²) in [7, 11) is 1.74. The van der Waals surface area contributed by atoms with E-state index < -0.39 is 0 Å². The topological polar surface area (TPSA) is 69.5 Å². The summed E-state index contributed by atoms with van der Waals surface area (Å²) in [6.45, 7) is 7.46. The first-order valence-electron chi connectivity index (χ1n) is 11.9. The van der Waals surface area contributed by atoms with Crippen molar-refractivity contribution in [2.24, 2.45) is 7.05 Å².